The van der Waals surface area contributed by atoms with Crippen LogP contribution in [0, 0.1) is 5.92 Å². The van der Waals surface area contributed by atoms with E-state index in [0.717, 1.165) is 0 Å². The number of nitrogens with zero attached hydrogens (tertiary/aromatic N) is 1. The van der Waals surface area contributed by atoms with Crippen molar-refractivity contribution in [3.8, 4) is 0 Å². The normalized spacial score (nSPS) is 18.9. The summed E-state index contributed by atoms with van der Waals surface area (Å²) in [5.41, 5.74) is 0.428. The molecule has 1 fully saturated rings. The Labute approximate surface area is 160 Å². The van der Waals surface area contributed by atoms with Crippen LogP contribution in [0.1, 0.15) is 12.8 Å². The zero-order valence-corrected chi connectivity index (χ0v) is 16.3. The second-order valence-electron chi connectivity index (χ2n) is 5.72. The van der Waals surface area contributed by atoms with Crippen LogP contribution < -0.4 is 5.32 Å². The number of thiophene rings is 1. The summed E-state index contributed by atoms with van der Waals surface area (Å²) >= 11 is 13.2. The lowest BCUT2D eigenvalue weighted by molar-refractivity contribution is -0.120. The van der Waals surface area contributed by atoms with Gasteiger partial charge in [0, 0.05) is 13.1 Å². The van der Waals surface area contributed by atoms with Crippen LogP contribution in [0.25, 0.3) is 0 Å². The number of hydrogen-bond acceptors (Lipinski definition) is 4. The first-order valence-corrected chi connectivity index (χ1v) is 10.8. The second-order valence-corrected chi connectivity index (χ2v) is 9.62. The molecule has 1 atom stereocenters. The summed E-state index contributed by atoms with van der Waals surface area (Å²) in [4.78, 5) is 12.6. The number of hydrogen-bond donors (Lipinski definition) is 1. The Morgan fingerprint density at radius 3 is 2.76 bits per heavy atom. The van der Waals surface area contributed by atoms with E-state index in [9.17, 15) is 13.2 Å². The molecule has 3 rings (SSSR count). The molecule has 0 spiro atoms. The highest BCUT2D eigenvalue weighted by Crippen LogP contribution is 2.31. The first kappa shape index (κ1) is 18.7. The highest BCUT2D eigenvalue weighted by molar-refractivity contribution is 7.91. The van der Waals surface area contributed by atoms with E-state index in [2.05, 4.69) is 5.32 Å². The van der Waals surface area contributed by atoms with Crippen LogP contribution >= 0.6 is 34.5 Å². The van der Waals surface area contributed by atoms with Crippen LogP contribution in [0.4, 0.5) is 5.69 Å². The number of halogens is 2. The maximum absolute atomic E-state index is 12.6. The molecule has 1 aromatic heterocycles. The molecule has 25 heavy (non-hydrogen) atoms. The monoisotopic (exact) mass is 418 g/mol. The number of amides is 1. The quantitative estimate of drug-likeness (QED) is 0.812. The predicted octanol–water partition coefficient (Wildman–Crippen LogP) is 4.09. The van der Waals surface area contributed by atoms with Crippen molar-refractivity contribution < 1.29 is 13.2 Å². The van der Waals surface area contributed by atoms with Crippen molar-refractivity contribution in [2.75, 3.05) is 18.4 Å². The van der Waals surface area contributed by atoms with Crippen LogP contribution in [-0.2, 0) is 14.8 Å². The summed E-state index contributed by atoms with van der Waals surface area (Å²) in [6, 6.07) is 8.27. The van der Waals surface area contributed by atoms with Crippen LogP contribution in [0.5, 0.6) is 0 Å². The molecule has 9 heteroatoms. The minimum Gasteiger partial charge on any atom is -0.324 e. The highest BCUT2D eigenvalue weighted by Gasteiger charge is 2.34. The molecule has 5 nitrogen and oxygen atoms in total. The van der Waals surface area contributed by atoms with Crippen molar-refractivity contribution in [2.24, 2.45) is 5.92 Å². The molecule has 2 heterocycles. The fraction of sp³-hybridized carbons (Fsp3) is 0.312. The van der Waals surface area contributed by atoms with Crippen LogP contribution in [-0.4, -0.2) is 31.7 Å². The van der Waals surface area contributed by atoms with Gasteiger partial charge in [0.25, 0.3) is 10.0 Å². The summed E-state index contributed by atoms with van der Waals surface area (Å²) in [6.07, 6.45) is 1.26. The van der Waals surface area contributed by atoms with Crippen molar-refractivity contribution >= 4 is 56.2 Å². The maximum Gasteiger partial charge on any atom is 0.252 e. The van der Waals surface area contributed by atoms with Gasteiger partial charge in [-0.2, -0.15) is 4.31 Å². The van der Waals surface area contributed by atoms with E-state index < -0.39 is 15.9 Å². The van der Waals surface area contributed by atoms with E-state index in [0.29, 0.717) is 34.3 Å². The number of nitrogens with one attached hydrogen (secondary N) is 1. The van der Waals surface area contributed by atoms with Gasteiger partial charge >= 0.3 is 0 Å². The third kappa shape index (κ3) is 4.01. The molecule has 1 aromatic carbocycles. The Morgan fingerprint density at radius 1 is 1.24 bits per heavy atom. The van der Waals surface area contributed by atoms with E-state index in [4.69, 9.17) is 23.2 Å². The number of anilines is 1. The zero-order chi connectivity index (χ0) is 18.0. The molecule has 0 bridgehead atoms. The number of carbonyl (C=O) groups is 1. The second kappa shape index (κ2) is 7.63. The van der Waals surface area contributed by atoms with Gasteiger partial charge in [0.2, 0.25) is 5.91 Å². The van der Waals surface area contributed by atoms with Crippen LogP contribution in [0.3, 0.4) is 0 Å². The molecule has 0 aliphatic carbocycles. The number of sulfonamides is 1. The number of piperidine rings is 1. The Bertz CT molecular complexity index is 870. The third-order valence-electron chi connectivity index (χ3n) is 4.05. The maximum atomic E-state index is 12.6. The fourth-order valence-electron chi connectivity index (χ4n) is 2.75. The smallest absolute Gasteiger partial charge is 0.252 e. The van der Waals surface area contributed by atoms with Crippen molar-refractivity contribution in [1.29, 1.82) is 0 Å². The third-order valence-corrected chi connectivity index (χ3v) is 8.11. The summed E-state index contributed by atoms with van der Waals surface area (Å²) in [5, 5.41) is 5.10. The van der Waals surface area contributed by atoms with Gasteiger partial charge in [-0.05, 0) is 36.4 Å². The minimum absolute atomic E-state index is 0.157. The molecule has 1 aliphatic rings. The molecule has 0 unspecified atom stereocenters. The lowest BCUT2D eigenvalue weighted by atomic mass is 9.99. The van der Waals surface area contributed by atoms with Crippen molar-refractivity contribution in [3.05, 3.63) is 45.8 Å². The largest absolute Gasteiger partial charge is 0.324 e. The standard InChI is InChI=1S/C16H16Cl2N2O3S2/c17-12-5-1-6-13(15(12)18)19-16(21)11-4-2-8-20(10-11)25(22,23)14-7-3-9-24-14/h1,3,5-7,9,11H,2,4,8,10H2,(H,19,21)/t11-/m1/s1. The van der Waals surface area contributed by atoms with Crippen LogP contribution in [0.15, 0.2) is 39.9 Å². The molecule has 1 saturated heterocycles. The molecular formula is C16H16Cl2N2O3S2. The van der Waals surface area contributed by atoms with Gasteiger partial charge in [-0.1, -0.05) is 35.3 Å². The molecule has 1 N–H and O–H groups in total. The summed E-state index contributed by atoms with van der Waals surface area (Å²) in [7, 11) is -3.55. The molecule has 1 aliphatic heterocycles. The number of carbonyl (C=O) groups excluding carboxylic acids is 1. The van der Waals surface area contributed by atoms with Gasteiger partial charge in [0.1, 0.15) is 4.21 Å². The summed E-state index contributed by atoms with van der Waals surface area (Å²) in [6.45, 7) is 0.576. The van der Waals surface area contributed by atoms with E-state index >= 15 is 0 Å². The van der Waals surface area contributed by atoms with Gasteiger partial charge in [0.15, 0.2) is 0 Å². The topological polar surface area (TPSA) is 66.5 Å². The Hall–Kier alpha value is -1.12. The van der Waals surface area contributed by atoms with Crippen molar-refractivity contribution in [2.45, 2.75) is 17.1 Å². The van der Waals surface area contributed by atoms with Crippen molar-refractivity contribution in [1.82, 2.24) is 4.31 Å². The summed E-state index contributed by atoms with van der Waals surface area (Å²) < 4.78 is 27.0. The molecule has 1 amide bonds. The van der Waals surface area contributed by atoms with Crippen molar-refractivity contribution in [3.63, 3.8) is 0 Å². The Balaban J connectivity index is 1.73. The molecule has 134 valence electrons. The molecule has 2 aromatic rings. The number of rotatable bonds is 4. The van der Waals surface area contributed by atoms with Crippen LogP contribution in [0.2, 0.25) is 10.0 Å². The lowest BCUT2D eigenvalue weighted by Gasteiger charge is -2.30. The molecular weight excluding hydrogens is 403 g/mol. The average Bonchev–Trinajstić information content (AvgIpc) is 3.14. The van der Waals surface area contributed by atoms with Gasteiger partial charge < -0.3 is 5.32 Å². The van der Waals surface area contributed by atoms with E-state index in [-0.39, 0.29) is 17.5 Å². The predicted molar refractivity (Wildman–Crippen MR) is 101 cm³/mol. The Morgan fingerprint density at radius 2 is 2.04 bits per heavy atom. The summed E-state index contributed by atoms with van der Waals surface area (Å²) in [5.74, 6) is -0.686. The van der Waals surface area contributed by atoms with Gasteiger partial charge in [-0.25, -0.2) is 8.42 Å². The first-order valence-electron chi connectivity index (χ1n) is 7.68. The van der Waals surface area contributed by atoms with Gasteiger partial charge in [0.05, 0.1) is 21.7 Å². The van der Waals surface area contributed by atoms with E-state index in [1.165, 1.54) is 15.6 Å². The van der Waals surface area contributed by atoms with E-state index in [1.807, 2.05) is 0 Å². The first-order chi connectivity index (χ1) is 11.9. The molecule has 0 radical (unpaired) electrons. The molecule has 0 saturated carbocycles. The fourth-order valence-corrected chi connectivity index (χ4v) is 5.76. The minimum atomic E-state index is -3.55. The zero-order valence-electron chi connectivity index (χ0n) is 13.1. The average molecular weight is 419 g/mol. The van der Waals surface area contributed by atoms with E-state index in [1.54, 1.807) is 35.7 Å². The van der Waals surface area contributed by atoms with Gasteiger partial charge in [-0.3, -0.25) is 4.79 Å². The number of benzene rings is 1. The Kier molecular flexibility index (Phi) is 5.70. The highest BCUT2D eigenvalue weighted by atomic mass is 35.5. The van der Waals surface area contributed by atoms with Gasteiger partial charge in [-0.15, -0.1) is 11.3 Å². The SMILES string of the molecule is O=C(Nc1cccc(Cl)c1Cl)[C@@H]1CCCN(S(=O)(=O)c2cccs2)C1. The lowest BCUT2D eigenvalue weighted by Crippen LogP contribution is -2.43.